The Morgan fingerprint density at radius 3 is 2.24 bits per heavy atom. The van der Waals surface area contributed by atoms with Crippen molar-refractivity contribution in [3.8, 4) is 5.75 Å². The maximum atomic E-state index is 14.0. The molecule has 5 amide bonds. The molecule has 0 bridgehead atoms. The van der Waals surface area contributed by atoms with E-state index >= 15 is 0 Å². The van der Waals surface area contributed by atoms with Crippen LogP contribution in [-0.4, -0.2) is 95.8 Å². The van der Waals surface area contributed by atoms with Crippen LogP contribution in [-0.2, 0) is 22.4 Å². The van der Waals surface area contributed by atoms with Gasteiger partial charge in [-0.1, -0.05) is 30.3 Å². The third-order valence-electron chi connectivity index (χ3n) is 10.7. The summed E-state index contributed by atoms with van der Waals surface area (Å²) in [6.45, 7) is 8.46. The number of phenolic OH excluding ortho intramolecular Hbond substituents is 1. The smallest absolute Gasteiger partial charge is 0.322 e. The number of aromatic hydroxyl groups is 1. The number of nitrogens with one attached hydrogen (secondary N) is 2. The molecule has 3 N–H and O–H groups in total. The molecule has 4 aliphatic rings. The van der Waals surface area contributed by atoms with Crippen LogP contribution in [0.1, 0.15) is 60.8 Å². The van der Waals surface area contributed by atoms with E-state index in [1.54, 1.807) is 4.90 Å². The summed E-state index contributed by atoms with van der Waals surface area (Å²) in [5, 5.41) is 16.5. The van der Waals surface area contributed by atoms with E-state index in [1.807, 2.05) is 54.0 Å². The molecule has 2 aromatic carbocycles. The molecule has 3 fully saturated rings. The summed E-state index contributed by atoms with van der Waals surface area (Å²) in [5.74, 6) is 1.50. The number of nitrogens with zero attached hydrogens (tertiary/aromatic N) is 3. The second-order valence-corrected chi connectivity index (χ2v) is 13.6. The zero-order valence-corrected chi connectivity index (χ0v) is 27.3. The predicted octanol–water partition coefficient (Wildman–Crippen LogP) is 4.85. The van der Waals surface area contributed by atoms with E-state index in [1.165, 1.54) is 0 Å². The first-order valence-electron chi connectivity index (χ1n) is 17.1. The Morgan fingerprint density at radius 2 is 1.54 bits per heavy atom. The van der Waals surface area contributed by atoms with E-state index in [-0.39, 0.29) is 29.8 Å². The van der Waals surface area contributed by atoms with Crippen LogP contribution < -0.4 is 10.6 Å². The van der Waals surface area contributed by atoms with Gasteiger partial charge in [0.2, 0.25) is 5.91 Å². The number of carbonyl (C=O) groups excluding carboxylic acids is 3. The molecule has 0 radical (unpaired) electrons. The predicted molar refractivity (Wildman–Crippen MR) is 177 cm³/mol. The van der Waals surface area contributed by atoms with Gasteiger partial charge in [0.25, 0.3) is 0 Å². The molecule has 0 unspecified atom stereocenters. The number of piperidine rings is 2. The summed E-state index contributed by atoms with van der Waals surface area (Å²) < 4.78 is 5.56. The number of amides is 5. The fourth-order valence-corrected chi connectivity index (χ4v) is 7.96. The van der Waals surface area contributed by atoms with Crippen molar-refractivity contribution < 1.29 is 24.2 Å². The third kappa shape index (κ3) is 7.27. The van der Waals surface area contributed by atoms with Gasteiger partial charge in [-0.3, -0.25) is 4.79 Å². The normalized spacial score (nSPS) is 20.9. The molecule has 10 nitrogen and oxygen atoms in total. The minimum atomic E-state index is -0.705. The highest BCUT2D eigenvalue weighted by Crippen LogP contribution is 2.32. The maximum Gasteiger partial charge on any atom is 0.322 e. The topological polar surface area (TPSA) is 114 Å². The van der Waals surface area contributed by atoms with Crippen molar-refractivity contribution >= 4 is 23.7 Å². The van der Waals surface area contributed by atoms with Crippen molar-refractivity contribution in [2.24, 2.45) is 11.8 Å². The number of likely N-dealkylation sites (tertiary alicyclic amines) is 2. The van der Waals surface area contributed by atoms with Crippen LogP contribution in [0.4, 0.5) is 15.3 Å². The quantitative estimate of drug-likeness (QED) is 0.422. The number of anilines is 1. The molecule has 2 aromatic rings. The van der Waals surface area contributed by atoms with Gasteiger partial charge in [0.15, 0.2) is 0 Å². The van der Waals surface area contributed by atoms with Gasteiger partial charge in [0, 0.05) is 64.1 Å². The number of para-hydroxylation sites is 1. The lowest BCUT2D eigenvalue weighted by Crippen LogP contribution is -2.57. The van der Waals surface area contributed by atoms with Gasteiger partial charge in [0.1, 0.15) is 11.8 Å². The van der Waals surface area contributed by atoms with Crippen LogP contribution in [0.25, 0.3) is 0 Å². The molecule has 3 saturated heterocycles. The first kappa shape index (κ1) is 32.2. The van der Waals surface area contributed by atoms with Crippen LogP contribution in [0.5, 0.6) is 5.75 Å². The number of hydrogen-bond acceptors (Lipinski definition) is 5. The van der Waals surface area contributed by atoms with Gasteiger partial charge >= 0.3 is 12.1 Å². The molecule has 0 spiro atoms. The zero-order chi connectivity index (χ0) is 32.2. The number of carbonyl (C=O) groups is 3. The van der Waals surface area contributed by atoms with Crippen LogP contribution in [0.15, 0.2) is 36.4 Å². The van der Waals surface area contributed by atoms with Crippen LogP contribution >= 0.6 is 0 Å². The fraction of sp³-hybridized carbons (Fsp3) is 0.583. The SMILES string of the molecule is Cc1cc(C[C@@H](NC(=O)N2CCC(N3CCc4ccccc4NC3=O)CC2)C(=O)N2CCC(C3CCOCC3)CC2)cc(C)c1O. The number of phenols is 1. The number of benzene rings is 2. The summed E-state index contributed by atoms with van der Waals surface area (Å²) in [6, 6.07) is 10.8. The van der Waals surface area contributed by atoms with Crippen molar-refractivity contribution in [2.45, 2.75) is 77.3 Å². The first-order valence-corrected chi connectivity index (χ1v) is 17.1. The lowest BCUT2D eigenvalue weighted by atomic mass is 9.80. The molecule has 6 rings (SSSR count). The molecule has 0 aliphatic carbocycles. The summed E-state index contributed by atoms with van der Waals surface area (Å²) in [6.07, 6.45) is 6.69. The monoisotopic (exact) mass is 631 g/mol. The van der Waals surface area contributed by atoms with E-state index in [4.69, 9.17) is 4.74 Å². The summed E-state index contributed by atoms with van der Waals surface area (Å²) in [5.41, 5.74) is 4.43. The third-order valence-corrected chi connectivity index (χ3v) is 10.7. The molecule has 4 aliphatic heterocycles. The van der Waals surface area contributed by atoms with Crippen molar-refractivity contribution in [1.82, 2.24) is 20.0 Å². The molecule has 248 valence electrons. The average molecular weight is 632 g/mol. The second-order valence-electron chi connectivity index (χ2n) is 13.6. The van der Waals surface area contributed by atoms with Crippen molar-refractivity contribution in [3.05, 3.63) is 58.7 Å². The van der Waals surface area contributed by atoms with Gasteiger partial charge in [-0.2, -0.15) is 0 Å². The van der Waals surface area contributed by atoms with Crippen LogP contribution in [0.3, 0.4) is 0 Å². The minimum Gasteiger partial charge on any atom is -0.507 e. The highest BCUT2D eigenvalue weighted by molar-refractivity contribution is 5.91. The van der Waals surface area contributed by atoms with E-state index in [9.17, 15) is 19.5 Å². The average Bonchev–Trinajstić information content (AvgIpc) is 3.25. The van der Waals surface area contributed by atoms with Crippen molar-refractivity contribution in [1.29, 1.82) is 0 Å². The summed E-state index contributed by atoms with van der Waals surface area (Å²) in [4.78, 5) is 46.4. The van der Waals surface area contributed by atoms with E-state index in [0.29, 0.717) is 63.8 Å². The Hall–Kier alpha value is -3.79. The van der Waals surface area contributed by atoms with Crippen LogP contribution in [0, 0.1) is 25.7 Å². The largest absolute Gasteiger partial charge is 0.507 e. The number of rotatable bonds is 6. The molecule has 10 heteroatoms. The Bertz CT molecular complexity index is 1390. The fourth-order valence-electron chi connectivity index (χ4n) is 7.96. The Kier molecular flexibility index (Phi) is 10.0. The van der Waals surface area contributed by atoms with Crippen molar-refractivity contribution in [2.75, 3.05) is 51.3 Å². The highest BCUT2D eigenvalue weighted by Gasteiger charge is 2.35. The highest BCUT2D eigenvalue weighted by atomic mass is 16.5. The molecular weight excluding hydrogens is 582 g/mol. The van der Waals surface area contributed by atoms with E-state index in [2.05, 4.69) is 16.7 Å². The summed E-state index contributed by atoms with van der Waals surface area (Å²) >= 11 is 0. The molecule has 0 aromatic heterocycles. The van der Waals surface area contributed by atoms with Gasteiger partial charge in [-0.05, 0) is 98.9 Å². The molecule has 1 atom stereocenters. The van der Waals surface area contributed by atoms with Gasteiger partial charge in [0.05, 0.1) is 0 Å². The van der Waals surface area contributed by atoms with E-state index < -0.39 is 6.04 Å². The molecule has 4 heterocycles. The first-order chi connectivity index (χ1) is 22.3. The lowest BCUT2D eigenvalue weighted by molar-refractivity contribution is -0.135. The number of ether oxygens (including phenoxy) is 1. The zero-order valence-electron chi connectivity index (χ0n) is 27.3. The Labute approximate surface area is 272 Å². The lowest BCUT2D eigenvalue weighted by Gasteiger charge is -2.40. The van der Waals surface area contributed by atoms with Gasteiger partial charge < -0.3 is 35.2 Å². The number of aryl methyl sites for hydroxylation is 2. The number of hydrogen-bond donors (Lipinski definition) is 3. The maximum absolute atomic E-state index is 14.0. The van der Waals surface area contributed by atoms with E-state index in [0.717, 1.165) is 73.3 Å². The van der Waals surface area contributed by atoms with Gasteiger partial charge in [-0.25, -0.2) is 9.59 Å². The summed E-state index contributed by atoms with van der Waals surface area (Å²) in [7, 11) is 0. The molecule has 46 heavy (non-hydrogen) atoms. The van der Waals surface area contributed by atoms with Gasteiger partial charge in [-0.15, -0.1) is 0 Å². The molecular formula is C36H49N5O5. The molecule has 0 saturated carbocycles. The second kappa shape index (κ2) is 14.3. The standard InChI is InChI=1S/C36H49N5O5/c1-24-21-26(22-25(2)33(24)42)23-32(34(43)39-14-7-27(8-15-39)28-12-19-46-20-13-28)38-35(44)40-16-10-30(11-17-40)41-18-9-29-5-3-4-6-31(29)37-36(41)45/h3-6,21-22,27-28,30,32,42H,7-20,23H2,1-2H3,(H,37,45)(H,38,44)/t32-/m1/s1. The minimum absolute atomic E-state index is 0.0437. The number of fused-ring (bicyclic) bond motifs is 1. The number of urea groups is 2. The Morgan fingerprint density at radius 1 is 0.913 bits per heavy atom. The van der Waals surface area contributed by atoms with Crippen LogP contribution in [0.2, 0.25) is 0 Å². The van der Waals surface area contributed by atoms with Crippen molar-refractivity contribution in [3.63, 3.8) is 0 Å². The Balaban J connectivity index is 1.09.